The Morgan fingerprint density at radius 1 is 1.20 bits per heavy atom. The number of carbonyl (C=O) groups excluding carboxylic acids is 1. The van der Waals surface area contributed by atoms with Crippen molar-refractivity contribution in [1.82, 2.24) is 15.3 Å². The molecule has 1 atom stereocenters. The van der Waals surface area contributed by atoms with Crippen LogP contribution in [0.25, 0.3) is 20.8 Å². The summed E-state index contributed by atoms with van der Waals surface area (Å²) in [5, 5.41) is 4.08. The number of aryl methyl sites for hydroxylation is 1. The summed E-state index contributed by atoms with van der Waals surface area (Å²) in [6.07, 6.45) is 3.54. The molecule has 2 aromatic heterocycles. The predicted octanol–water partition coefficient (Wildman–Crippen LogP) is 5.17. The van der Waals surface area contributed by atoms with Crippen LogP contribution >= 0.6 is 11.3 Å². The Labute approximate surface area is 178 Å². The molecule has 3 heterocycles. The van der Waals surface area contributed by atoms with Crippen LogP contribution in [0.4, 0.5) is 0 Å². The number of thiazole rings is 1. The number of para-hydroxylation sites is 1. The molecule has 6 heteroatoms. The molecule has 0 aliphatic carbocycles. The zero-order valence-corrected chi connectivity index (χ0v) is 17.4. The fraction of sp³-hybridized carbons (Fsp3) is 0.208. The molecule has 5 nitrogen and oxygen atoms in total. The number of pyridine rings is 1. The molecule has 2 aromatic carbocycles. The zero-order chi connectivity index (χ0) is 20.5. The molecule has 0 bridgehead atoms. The monoisotopic (exact) mass is 415 g/mol. The molecule has 0 saturated heterocycles. The molecule has 1 aliphatic heterocycles. The van der Waals surface area contributed by atoms with Gasteiger partial charge in [-0.1, -0.05) is 25.1 Å². The molecule has 0 spiro atoms. The maximum absolute atomic E-state index is 12.9. The van der Waals surface area contributed by atoms with E-state index in [-0.39, 0.29) is 11.9 Å². The highest BCUT2D eigenvalue weighted by molar-refractivity contribution is 7.21. The van der Waals surface area contributed by atoms with E-state index in [0.717, 1.165) is 50.6 Å². The first kappa shape index (κ1) is 18.8. The molecule has 1 aliphatic rings. The normalized spacial score (nSPS) is 15.4. The Bertz CT molecular complexity index is 1220. The summed E-state index contributed by atoms with van der Waals surface area (Å²) < 4.78 is 6.69. The Morgan fingerprint density at radius 3 is 2.93 bits per heavy atom. The fourth-order valence-electron chi connectivity index (χ4n) is 3.68. The lowest BCUT2D eigenvalue weighted by atomic mass is 10.00. The van der Waals surface area contributed by atoms with E-state index in [9.17, 15) is 4.79 Å². The minimum Gasteiger partial charge on any atom is -0.493 e. The highest BCUT2D eigenvalue weighted by Crippen LogP contribution is 2.33. The van der Waals surface area contributed by atoms with E-state index in [1.165, 1.54) is 0 Å². The van der Waals surface area contributed by atoms with E-state index >= 15 is 0 Å². The standard InChI is InChI=1S/C24H21N3O2S/c1-2-17-9-7-16(14-25-17)24-27-20-10-8-15(13-22(20)30-24)23(28)26-19-11-12-29-21-6-4-3-5-18(19)21/h3-10,13-14,19H,2,11-12H2,1H3,(H,26,28). The zero-order valence-electron chi connectivity index (χ0n) is 16.6. The molecule has 0 radical (unpaired) electrons. The SMILES string of the molecule is CCc1ccc(-c2nc3ccc(C(=O)NC4CCOc5ccccc54)cc3s2)cn1. The van der Waals surface area contributed by atoms with Gasteiger partial charge in [-0.15, -0.1) is 11.3 Å². The van der Waals surface area contributed by atoms with Crippen molar-refractivity contribution in [2.75, 3.05) is 6.61 Å². The highest BCUT2D eigenvalue weighted by atomic mass is 32.1. The van der Waals surface area contributed by atoms with Crippen LogP contribution in [0.2, 0.25) is 0 Å². The lowest BCUT2D eigenvalue weighted by Gasteiger charge is -2.26. The third-order valence-corrected chi connectivity index (χ3v) is 6.42. The largest absolute Gasteiger partial charge is 0.493 e. The van der Waals surface area contributed by atoms with Crippen molar-refractivity contribution >= 4 is 27.5 Å². The topological polar surface area (TPSA) is 64.1 Å². The Kier molecular flexibility index (Phi) is 4.93. The summed E-state index contributed by atoms with van der Waals surface area (Å²) >= 11 is 1.58. The van der Waals surface area contributed by atoms with E-state index < -0.39 is 0 Å². The second kappa shape index (κ2) is 7.88. The van der Waals surface area contributed by atoms with Crippen molar-refractivity contribution in [3.05, 3.63) is 77.6 Å². The van der Waals surface area contributed by atoms with Gasteiger partial charge in [-0.05, 0) is 42.8 Å². The molecule has 4 aromatic rings. The third kappa shape index (κ3) is 3.55. The van der Waals surface area contributed by atoms with Gasteiger partial charge in [0.1, 0.15) is 10.8 Å². The van der Waals surface area contributed by atoms with Crippen LogP contribution < -0.4 is 10.1 Å². The lowest BCUT2D eigenvalue weighted by molar-refractivity contribution is 0.0925. The Balaban J connectivity index is 1.39. The molecule has 1 amide bonds. The molecular formula is C24H21N3O2S. The molecule has 0 fully saturated rings. The summed E-state index contributed by atoms with van der Waals surface area (Å²) in [4.78, 5) is 22.1. The smallest absolute Gasteiger partial charge is 0.251 e. The van der Waals surface area contributed by atoms with Crippen molar-refractivity contribution in [1.29, 1.82) is 0 Å². The fourth-order valence-corrected chi connectivity index (χ4v) is 4.68. The summed E-state index contributed by atoms with van der Waals surface area (Å²) in [6, 6.07) is 17.6. The summed E-state index contributed by atoms with van der Waals surface area (Å²) in [6.45, 7) is 2.69. The Hall–Kier alpha value is -3.25. The molecule has 0 saturated carbocycles. The molecule has 1 unspecified atom stereocenters. The first-order chi connectivity index (χ1) is 14.7. The van der Waals surface area contributed by atoms with Crippen molar-refractivity contribution in [3.63, 3.8) is 0 Å². The van der Waals surface area contributed by atoms with Gasteiger partial charge in [0.2, 0.25) is 0 Å². The van der Waals surface area contributed by atoms with Gasteiger partial charge in [0.05, 0.1) is 22.9 Å². The van der Waals surface area contributed by atoms with Gasteiger partial charge >= 0.3 is 0 Å². The van der Waals surface area contributed by atoms with Crippen LogP contribution in [0.1, 0.15) is 41.0 Å². The third-order valence-electron chi connectivity index (χ3n) is 5.35. The number of fused-ring (bicyclic) bond motifs is 2. The Morgan fingerprint density at radius 2 is 2.10 bits per heavy atom. The van der Waals surface area contributed by atoms with E-state index in [1.807, 2.05) is 54.7 Å². The number of carbonyl (C=O) groups is 1. The maximum atomic E-state index is 12.9. The van der Waals surface area contributed by atoms with Crippen LogP contribution in [0, 0.1) is 0 Å². The first-order valence-corrected chi connectivity index (χ1v) is 10.9. The van der Waals surface area contributed by atoms with E-state index in [2.05, 4.69) is 23.3 Å². The van der Waals surface area contributed by atoms with Crippen molar-refractivity contribution in [2.24, 2.45) is 0 Å². The number of aromatic nitrogens is 2. The molecule has 150 valence electrons. The summed E-state index contributed by atoms with van der Waals surface area (Å²) in [5.74, 6) is 0.766. The number of hydrogen-bond acceptors (Lipinski definition) is 5. The number of rotatable bonds is 4. The predicted molar refractivity (Wildman–Crippen MR) is 119 cm³/mol. The number of amides is 1. The molecule has 5 rings (SSSR count). The van der Waals surface area contributed by atoms with Crippen LogP contribution in [-0.2, 0) is 6.42 Å². The van der Waals surface area contributed by atoms with Gasteiger partial charge in [-0.25, -0.2) is 4.98 Å². The van der Waals surface area contributed by atoms with Crippen molar-refractivity contribution in [3.8, 4) is 16.3 Å². The lowest BCUT2D eigenvalue weighted by Crippen LogP contribution is -2.32. The minimum absolute atomic E-state index is 0.0432. The number of ether oxygens (including phenoxy) is 1. The summed E-state index contributed by atoms with van der Waals surface area (Å²) in [5.41, 5.74) is 4.62. The van der Waals surface area contributed by atoms with Crippen LogP contribution in [0.15, 0.2) is 60.8 Å². The van der Waals surface area contributed by atoms with E-state index in [0.29, 0.717) is 12.2 Å². The van der Waals surface area contributed by atoms with Crippen molar-refractivity contribution in [2.45, 2.75) is 25.8 Å². The molecule has 30 heavy (non-hydrogen) atoms. The summed E-state index contributed by atoms with van der Waals surface area (Å²) in [7, 11) is 0. The maximum Gasteiger partial charge on any atom is 0.251 e. The van der Waals surface area contributed by atoms with Gasteiger partial charge < -0.3 is 10.1 Å². The number of nitrogens with zero attached hydrogens (tertiary/aromatic N) is 2. The average Bonchev–Trinajstić information content (AvgIpc) is 3.23. The first-order valence-electron chi connectivity index (χ1n) is 10.1. The second-order valence-corrected chi connectivity index (χ2v) is 8.32. The minimum atomic E-state index is -0.0810. The quantitative estimate of drug-likeness (QED) is 0.499. The van der Waals surface area contributed by atoms with E-state index in [4.69, 9.17) is 9.72 Å². The van der Waals surface area contributed by atoms with Crippen molar-refractivity contribution < 1.29 is 9.53 Å². The van der Waals surface area contributed by atoms with Gasteiger partial charge in [-0.2, -0.15) is 0 Å². The number of benzene rings is 2. The van der Waals surface area contributed by atoms with Crippen LogP contribution in [0.3, 0.4) is 0 Å². The van der Waals surface area contributed by atoms with E-state index in [1.54, 1.807) is 11.3 Å². The molecule has 1 N–H and O–H groups in total. The van der Waals surface area contributed by atoms with Crippen LogP contribution in [-0.4, -0.2) is 22.5 Å². The average molecular weight is 416 g/mol. The molecular weight excluding hydrogens is 394 g/mol. The number of hydrogen-bond donors (Lipinski definition) is 1. The van der Waals surface area contributed by atoms with Crippen LogP contribution in [0.5, 0.6) is 5.75 Å². The second-order valence-electron chi connectivity index (χ2n) is 7.29. The number of nitrogens with one attached hydrogen (secondary N) is 1. The van der Waals surface area contributed by atoms with Gasteiger partial charge in [0, 0.05) is 35.0 Å². The van der Waals surface area contributed by atoms with Gasteiger partial charge in [0.15, 0.2) is 0 Å². The highest BCUT2D eigenvalue weighted by Gasteiger charge is 2.23. The van der Waals surface area contributed by atoms with Gasteiger partial charge in [-0.3, -0.25) is 9.78 Å². The van der Waals surface area contributed by atoms with Gasteiger partial charge in [0.25, 0.3) is 5.91 Å².